The van der Waals surface area contributed by atoms with Crippen LogP contribution in [-0.2, 0) is 16.1 Å². The molecule has 8 nitrogen and oxygen atoms in total. The highest BCUT2D eigenvalue weighted by Gasteiger charge is 2.30. The second kappa shape index (κ2) is 9.62. The normalized spacial score (nSPS) is 14.5. The zero-order valence-electron chi connectivity index (χ0n) is 17.6. The van der Waals surface area contributed by atoms with Gasteiger partial charge in [-0.1, -0.05) is 52.5 Å². The van der Waals surface area contributed by atoms with Crippen molar-refractivity contribution in [2.75, 3.05) is 16.3 Å². The van der Waals surface area contributed by atoms with E-state index >= 15 is 0 Å². The maximum absolute atomic E-state index is 11.5. The molecule has 3 aromatic rings. The summed E-state index contributed by atoms with van der Waals surface area (Å²) in [7, 11) is 12.4. The maximum Gasteiger partial charge on any atom is 0.346 e. The zero-order chi connectivity index (χ0) is 25.6. The molecule has 0 saturated carbocycles. The summed E-state index contributed by atoms with van der Waals surface area (Å²) in [5, 5.41) is 21.7. The molecule has 2 aromatic carbocycles. The van der Waals surface area contributed by atoms with Crippen molar-refractivity contribution < 1.29 is 24.4 Å². The van der Waals surface area contributed by atoms with Crippen LogP contribution in [0.15, 0.2) is 42.2 Å². The fourth-order valence-electron chi connectivity index (χ4n) is 3.78. The van der Waals surface area contributed by atoms with Crippen LogP contribution in [-0.4, -0.2) is 28.2 Å². The van der Waals surface area contributed by atoms with Crippen molar-refractivity contribution in [3.63, 3.8) is 0 Å². The average molecular weight is 552 g/mol. The van der Waals surface area contributed by atoms with Crippen molar-refractivity contribution in [3.8, 4) is 0 Å². The number of nitrogens with zero attached hydrogens (tertiary/aromatic N) is 4. The molecule has 0 fully saturated rings. The van der Waals surface area contributed by atoms with Crippen LogP contribution in [0.2, 0.25) is 20.1 Å². The summed E-state index contributed by atoms with van der Waals surface area (Å²) in [5.74, 6) is -1.87. The third kappa shape index (κ3) is 4.67. The largest absolute Gasteiger partial charge is 0.548 e. The van der Waals surface area contributed by atoms with Gasteiger partial charge in [-0.25, -0.2) is 13.9 Å². The maximum atomic E-state index is 11.5. The minimum atomic E-state index is -1.35. The van der Waals surface area contributed by atoms with Crippen LogP contribution in [0.3, 0.4) is 0 Å². The Bertz CT molecular complexity index is 1450. The van der Waals surface area contributed by atoms with E-state index in [1.165, 1.54) is 61.4 Å². The minimum Gasteiger partial charge on any atom is -0.548 e. The van der Waals surface area contributed by atoms with Crippen molar-refractivity contribution in [2.24, 2.45) is 0 Å². The first-order valence-electron chi connectivity index (χ1n) is 9.79. The second-order valence-electron chi connectivity index (χ2n) is 7.43. The van der Waals surface area contributed by atoms with E-state index in [9.17, 15) is 19.8 Å². The second-order valence-corrected chi connectivity index (χ2v) is 9.06. The van der Waals surface area contributed by atoms with Gasteiger partial charge in [0, 0.05) is 18.2 Å². The van der Waals surface area contributed by atoms with Crippen LogP contribution in [0.1, 0.15) is 5.82 Å². The number of anilines is 2. The summed E-state index contributed by atoms with van der Waals surface area (Å²) in [6.07, 6.45) is 4.59. The highest BCUT2D eigenvalue weighted by atomic mass is 35.5. The number of carboxylic acids is 2. The first kappa shape index (κ1) is 25.2. The van der Waals surface area contributed by atoms with Gasteiger partial charge in [0.2, 0.25) is 0 Å². The quantitative estimate of drug-likeness (QED) is 0.469. The van der Waals surface area contributed by atoms with Gasteiger partial charge in [-0.2, -0.15) is 0 Å². The molecular weight excluding hydrogens is 538 g/mol. The average Bonchev–Trinajstić information content (AvgIpc) is 3.15. The van der Waals surface area contributed by atoms with Crippen molar-refractivity contribution in [1.82, 2.24) is 4.57 Å². The molecular formula is C23H14Cl4N4O4. The Labute approximate surface area is 220 Å². The lowest BCUT2D eigenvalue weighted by Gasteiger charge is -2.22. The van der Waals surface area contributed by atoms with Crippen LogP contribution in [0, 0.1) is 14.1 Å². The van der Waals surface area contributed by atoms with Gasteiger partial charge in [0.1, 0.15) is 5.82 Å². The van der Waals surface area contributed by atoms with Gasteiger partial charge < -0.3 is 24.8 Å². The molecule has 1 aliphatic heterocycles. The molecule has 178 valence electrons. The lowest BCUT2D eigenvalue weighted by Crippen LogP contribution is -2.38. The van der Waals surface area contributed by atoms with Gasteiger partial charge in [0.25, 0.3) is 5.82 Å². The number of aromatic nitrogens is 2. The standard InChI is InChI=1S/C23H15Cl4N4O4/c1-28-16-6-12(24)14(26)8-18(16)30(10-22(32)33)20(28)4-3-5-21-29(2)17-7-13(25)15(27)9-19(17)31(21)11-23(34)35/h1-9H,10-11H2,(H,32,33)(H,34,35)/q+1/p-1. The number of allylic oxidation sites excluding steroid dienone is 2. The monoisotopic (exact) mass is 550 g/mol. The van der Waals surface area contributed by atoms with E-state index in [0.717, 1.165) is 0 Å². The summed E-state index contributed by atoms with van der Waals surface area (Å²) < 4.78 is 2.70. The van der Waals surface area contributed by atoms with Gasteiger partial charge >= 0.3 is 5.97 Å². The number of carbonyl (C=O) groups is 2. The number of hydrogen-bond acceptors (Lipinski definition) is 5. The van der Waals surface area contributed by atoms with Crippen molar-refractivity contribution in [1.29, 1.82) is 0 Å². The molecule has 1 aromatic heterocycles. The van der Waals surface area contributed by atoms with Crippen molar-refractivity contribution in [2.45, 2.75) is 6.54 Å². The van der Waals surface area contributed by atoms with E-state index in [0.29, 0.717) is 28.2 Å². The number of carboxylic acid groups (broad SMARTS) is 2. The number of aliphatic carboxylic acids is 2. The molecule has 0 atom stereocenters. The van der Waals surface area contributed by atoms with E-state index in [1.807, 2.05) is 0 Å². The molecule has 12 heteroatoms. The predicted octanol–water partition coefficient (Wildman–Crippen LogP) is 3.74. The smallest absolute Gasteiger partial charge is 0.346 e. The van der Waals surface area contributed by atoms with Crippen LogP contribution < -0.4 is 19.5 Å². The first-order chi connectivity index (χ1) is 16.5. The molecule has 4 radical (unpaired) electrons. The molecule has 2 heterocycles. The summed E-state index contributed by atoms with van der Waals surface area (Å²) in [6.45, 7) is -0.914. The number of imidazole rings is 1. The van der Waals surface area contributed by atoms with Gasteiger partial charge in [-0.3, -0.25) is 0 Å². The predicted molar refractivity (Wildman–Crippen MR) is 132 cm³/mol. The highest BCUT2D eigenvalue weighted by Crippen LogP contribution is 2.45. The van der Waals surface area contributed by atoms with Gasteiger partial charge in [0.05, 0.1) is 51.0 Å². The molecule has 0 aliphatic carbocycles. The Morgan fingerprint density at radius 1 is 1.00 bits per heavy atom. The Morgan fingerprint density at radius 2 is 1.60 bits per heavy atom. The molecule has 35 heavy (non-hydrogen) atoms. The van der Waals surface area contributed by atoms with Crippen LogP contribution in [0.5, 0.6) is 0 Å². The van der Waals surface area contributed by atoms with Crippen LogP contribution in [0.25, 0.3) is 17.1 Å². The Balaban J connectivity index is 1.80. The van der Waals surface area contributed by atoms with Gasteiger partial charge in [0.15, 0.2) is 24.6 Å². The third-order valence-corrected chi connectivity index (χ3v) is 6.70. The topological polar surface area (TPSA) is 92.7 Å². The van der Waals surface area contributed by atoms with E-state index in [2.05, 4.69) is 0 Å². The SMILES string of the molecule is [CH]N1/C(=C\C=C\c2n(CC(=O)O)c3cc(Cl)c(Cl)cc3[n+]2[CH])N(CC(=O)[O-])c2cc(Cl)c(Cl)cc21. The van der Waals surface area contributed by atoms with Gasteiger partial charge in [-0.15, -0.1) is 0 Å². The zero-order valence-corrected chi connectivity index (χ0v) is 20.6. The number of rotatable bonds is 6. The van der Waals surface area contributed by atoms with E-state index in [1.54, 1.807) is 0 Å². The summed E-state index contributed by atoms with van der Waals surface area (Å²) in [6, 6.07) is 6.06. The molecule has 1 aliphatic rings. The van der Waals surface area contributed by atoms with Crippen LogP contribution in [0.4, 0.5) is 11.4 Å². The van der Waals surface area contributed by atoms with Crippen molar-refractivity contribution in [3.05, 3.63) is 82.2 Å². The van der Waals surface area contributed by atoms with Crippen LogP contribution >= 0.6 is 46.4 Å². The number of hydrogen-bond donors (Lipinski definition) is 1. The van der Waals surface area contributed by atoms with E-state index in [4.69, 9.17) is 60.5 Å². The minimum absolute atomic E-state index is 0.221. The summed E-state index contributed by atoms with van der Waals surface area (Å²) >= 11 is 24.4. The molecule has 0 saturated heterocycles. The Morgan fingerprint density at radius 3 is 2.23 bits per heavy atom. The molecule has 0 spiro atoms. The fourth-order valence-corrected chi connectivity index (χ4v) is 4.41. The lowest BCUT2D eigenvalue weighted by molar-refractivity contribution is -0.587. The molecule has 0 unspecified atom stereocenters. The molecule has 0 amide bonds. The summed E-state index contributed by atoms with van der Waals surface area (Å²) in [4.78, 5) is 25.5. The first-order valence-corrected chi connectivity index (χ1v) is 11.3. The van der Waals surface area contributed by atoms with Crippen molar-refractivity contribution >= 4 is 86.8 Å². The number of fused-ring (bicyclic) bond motifs is 2. The van der Waals surface area contributed by atoms with E-state index < -0.39 is 25.0 Å². The number of carbonyl (C=O) groups excluding carboxylic acids is 1. The Hall–Kier alpha value is -2.91. The molecule has 0 bridgehead atoms. The molecule has 1 N–H and O–H groups in total. The van der Waals surface area contributed by atoms with Gasteiger partial charge in [-0.05, 0) is 18.2 Å². The number of benzene rings is 2. The highest BCUT2D eigenvalue weighted by molar-refractivity contribution is 6.43. The number of halogens is 4. The lowest BCUT2D eigenvalue weighted by atomic mass is 10.2. The molecule has 4 rings (SSSR count). The summed E-state index contributed by atoms with van der Waals surface area (Å²) in [5.41, 5.74) is 1.75. The fraction of sp³-hybridized carbons (Fsp3) is 0.0870. The Kier molecular flexibility index (Phi) is 6.92. The van der Waals surface area contributed by atoms with E-state index in [-0.39, 0.29) is 25.9 Å². The third-order valence-electron chi connectivity index (χ3n) is 5.25.